The zero-order valence-corrected chi connectivity index (χ0v) is 20.0. The van der Waals surface area contributed by atoms with Crippen molar-refractivity contribution in [1.82, 2.24) is 9.71 Å². The van der Waals surface area contributed by atoms with Crippen LogP contribution in [0.3, 0.4) is 0 Å². The molecule has 0 unspecified atom stereocenters. The van der Waals surface area contributed by atoms with Gasteiger partial charge in [0.1, 0.15) is 6.10 Å². The molecule has 5 rings (SSSR count). The van der Waals surface area contributed by atoms with E-state index in [0.717, 1.165) is 47.8 Å². The monoisotopic (exact) mass is 486 g/mol. The molecule has 0 saturated heterocycles. The first-order chi connectivity index (χ1) is 17.0. The van der Waals surface area contributed by atoms with Crippen molar-refractivity contribution >= 4 is 26.9 Å². The number of fused-ring (bicyclic) bond motifs is 2. The van der Waals surface area contributed by atoms with Gasteiger partial charge in [-0.2, -0.15) is 0 Å². The molecule has 178 valence electrons. The zero-order chi connectivity index (χ0) is 24.3. The Balaban J connectivity index is 1.48. The molecule has 1 N–H and O–H groups in total. The van der Waals surface area contributed by atoms with Crippen LogP contribution in [0.5, 0.6) is 0 Å². The molecule has 1 aliphatic carbocycles. The van der Waals surface area contributed by atoms with Crippen molar-refractivity contribution in [3.63, 3.8) is 0 Å². The van der Waals surface area contributed by atoms with Gasteiger partial charge in [-0.05, 0) is 55.0 Å². The Morgan fingerprint density at radius 1 is 0.886 bits per heavy atom. The number of aryl methyl sites for hydroxylation is 1. The first kappa shape index (κ1) is 23.2. The normalized spacial score (nSPS) is 14.3. The van der Waals surface area contributed by atoms with E-state index in [9.17, 15) is 13.2 Å². The van der Waals surface area contributed by atoms with Crippen molar-refractivity contribution in [2.24, 2.45) is 0 Å². The lowest BCUT2D eigenvalue weighted by atomic mass is 9.90. The molecule has 4 aromatic rings. The van der Waals surface area contributed by atoms with Crippen molar-refractivity contribution < 1.29 is 17.9 Å². The molecule has 35 heavy (non-hydrogen) atoms. The fourth-order valence-corrected chi connectivity index (χ4v) is 5.61. The van der Waals surface area contributed by atoms with E-state index in [0.29, 0.717) is 11.1 Å². The second kappa shape index (κ2) is 9.98. The fourth-order valence-electron chi connectivity index (χ4n) is 4.56. The van der Waals surface area contributed by atoms with E-state index in [4.69, 9.17) is 9.72 Å². The molecule has 1 heterocycles. The Labute approximate surface area is 205 Å². The highest BCUT2D eigenvalue weighted by molar-refractivity contribution is 7.89. The summed E-state index contributed by atoms with van der Waals surface area (Å²) in [6, 6.07) is 24.9. The second-order valence-corrected chi connectivity index (χ2v) is 10.4. The van der Waals surface area contributed by atoms with Crippen molar-refractivity contribution in [2.45, 2.75) is 36.7 Å². The molecule has 0 spiro atoms. The third kappa shape index (κ3) is 4.97. The number of carbonyl (C=O) groups excluding carboxylic acids is 1. The maximum Gasteiger partial charge on any atom is 0.339 e. The maximum absolute atomic E-state index is 13.7. The average molecular weight is 487 g/mol. The number of aromatic nitrogens is 1. The molecule has 1 aromatic heterocycles. The minimum Gasteiger partial charge on any atom is -0.452 e. The summed E-state index contributed by atoms with van der Waals surface area (Å²) in [6.07, 6.45) is 2.84. The van der Waals surface area contributed by atoms with E-state index in [2.05, 4.69) is 4.72 Å². The third-order valence-corrected chi connectivity index (χ3v) is 7.75. The molecule has 3 aromatic carbocycles. The Hall–Kier alpha value is -3.55. The molecule has 1 atom stereocenters. The van der Waals surface area contributed by atoms with Crippen molar-refractivity contribution in [3.8, 4) is 0 Å². The number of para-hydroxylation sites is 1. The number of carbonyl (C=O) groups is 1. The molecule has 0 bridgehead atoms. The van der Waals surface area contributed by atoms with Gasteiger partial charge in [0.2, 0.25) is 10.0 Å². The Kier molecular flexibility index (Phi) is 6.61. The molecule has 6 nitrogen and oxygen atoms in total. The lowest BCUT2D eigenvalue weighted by molar-refractivity contribution is 0.0308. The average Bonchev–Trinajstić information content (AvgIpc) is 2.90. The van der Waals surface area contributed by atoms with Gasteiger partial charge in [0.05, 0.1) is 22.5 Å². The summed E-state index contributed by atoms with van der Waals surface area (Å²) in [4.78, 5) is 18.6. The van der Waals surface area contributed by atoms with Crippen LogP contribution in [0, 0.1) is 0 Å². The molecule has 0 fully saturated rings. The molecular formula is C28H26N2O4S. The quantitative estimate of drug-likeness (QED) is 0.372. The summed E-state index contributed by atoms with van der Waals surface area (Å²) >= 11 is 0. The van der Waals surface area contributed by atoms with Crippen molar-refractivity contribution in [1.29, 1.82) is 0 Å². The summed E-state index contributed by atoms with van der Waals surface area (Å²) < 4.78 is 34.3. The summed E-state index contributed by atoms with van der Waals surface area (Å²) in [5.74, 6) is -0.463. The minimum atomic E-state index is -3.76. The predicted molar refractivity (Wildman–Crippen MR) is 135 cm³/mol. The zero-order valence-electron chi connectivity index (χ0n) is 19.2. The van der Waals surface area contributed by atoms with Crippen LogP contribution in [0.15, 0.2) is 89.8 Å². The van der Waals surface area contributed by atoms with Gasteiger partial charge < -0.3 is 4.74 Å². The number of nitrogens with zero attached hydrogens (tertiary/aromatic N) is 1. The van der Waals surface area contributed by atoms with Gasteiger partial charge in [-0.3, -0.25) is 4.98 Å². The summed E-state index contributed by atoms with van der Waals surface area (Å²) in [5.41, 5.74) is 3.90. The number of sulfonamides is 1. The molecule has 0 saturated carbocycles. The summed E-state index contributed by atoms with van der Waals surface area (Å²) in [7, 11) is -3.76. The number of nitrogens with one attached hydrogen (secondary N) is 1. The Morgan fingerprint density at radius 2 is 1.54 bits per heavy atom. The second-order valence-electron chi connectivity index (χ2n) is 8.61. The van der Waals surface area contributed by atoms with Gasteiger partial charge >= 0.3 is 5.97 Å². The smallest absolute Gasteiger partial charge is 0.339 e. The van der Waals surface area contributed by atoms with Crippen LogP contribution in [-0.4, -0.2) is 25.9 Å². The Morgan fingerprint density at radius 3 is 2.31 bits per heavy atom. The number of rotatable bonds is 7. The molecule has 1 aliphatic rings. The van der Waals surface area contributed by atoms with E-state index in [-0.39, 0.29) is 11.4 Å². The van der Waals surface area contributed by atoms with Gasteiger partial charge in [0.15, 0.2) is 0 Å². The molecule has 7 heteroatoms. The summed E-state index contributed by atoms with van der Waals surface area (Å²) in [6.45, 7) is -0.0851. The number of benzene rings is 3. The number of pyridine rings is 1. The van der Waals surface area contributed by atoms with Crippen LogP contribution < -0.4 is 4.72 Å². The van der Waals surface area contributed by atoms with E-state index >= 15 is 0 Å². The van der Waals surface area contributed by atoms with E-state index in [1.54, 1.807) is 18.2 Å². The van der Waals surface area contributed by atoms with Gasteiger partial charge in [-0.25, -0.2) is 17.9 Å². The van der Waals surface area contributed by atoms with Crippen molar-refractivity contribution in [3.05, 3.63) is 107 Å². The van der Waals surface area contributed by atoms with Gasteiger partial charge in [-0.1, -0.05) is 66.7 Å². The highest BCUT2D eigenvalue weighted by Gasteiger charge is 2.27. The molecular weight excluding hydrogens is 460 g/mol. The maximum atomic E-state index is 13.7. The highest BCUT2D eigenvalue weighted by atomic mass is 32.2. The van der Waals surface area contributed by atoms with Crippen LogP contribution in [0.1, 0.15) is 46.1 Å². The highest BCUT2D eigenvalue weighted by Crippen LogP contribution is 2.31. The van der Waals surface area contributed by atoms with Gasteiger partial charge in [0.25, 0.3) is 0 Å². The topological polar surface area (TPSA) is 85.4 Å². The lowest BCUT2D eigenvalue weighted by Crippen LogP contribution is -2.31. The lowest BCUT2D eigenvalue weighted by Gasteiger charge is -2.23. The summed E-state index contributed by atoms with van der Waals surface area (Å²) in [5, 5.41) is 0.759. The molecule has 0 amide bonds. The standard InChI is InChI=1S/C28H26N2O4S/c31-28(27-22-15-7-9-17-24(22)30-25-18-10-8-16-23(25)27)34-26(20-11-3-1-4-12-20)19-29-35(32,33)21-13-5-2-6-14-21/h1-7,9,11-15,17,26,29H,8,10,16,18-19H2/t26-/m1/s1. The van der Waals surface area contributed by atoms with Crippen LogP contribution >= 0.6 is 0 Å². The number of hydrogen-bond donors (Lipinski definition) is 1. The van der Waals surface area contributed by atoms with E-state index < -0.39 is 22.1 Å². The van der Waals surface area contributed by atoms with Crippen LogP contribution in [0.2, 0.25) is 0 Å². The molecule has 0 radical (unpaired) electrons. The van der Waals surface area contributed by atoms with E-state index in [1.165, 1.54) is 12.1 Å². The first-order valence-electron chi connectivity index (χ1n) is 11.7. The Bertz CT molecular complexity index is 1450. The van der Waals surface area contributed by atoms with E-state index in [1.807, 2.05) is 54.6 Å². The van der Waals surface area contributed by atoms with Crippen LogP contribution in [0.25, 0.3) is 10.9 Å². The van der Waals surface area contributed by atoms with Crippen molar-refractivity contribution in [2.75, 3.05) is 6.54 Å². The SMILES string of the molecule is O=C(O[C@H](CNS(=O)(=O)c1ccccc1)c1ccccc1)c1c2c(nc3ccccc13)CCCC2. The molecule has 0 aliphatic heterocycles. The number of esters is 1. The predicted octanol–water partition coefficient (Wildman–Crippen LogP) is 4.99. The van der Waals surface area contributed by atoms with Gasteiger partial charge in [0, 0.05) is 11.1 Å². The number of ether oxygens (including phenoxy) is 1. The first-order valence-corrected chi connectivity index (χ1v) is 13.2. The number of hydrogen-bond acceptors (Lipinski definition) is 5. The van der Waals surface area contributed by atoms with Crippen LogP contribution in [0.4, 0.5) is 0 Å². The fraction of sp³-hybridized carbons (Fsp3) is 0.214. The van der Waals surface area contributed by atoms with Gasteiger partial charge in [-0.15, -0.1) is 0 Å². The minimum absolute atomic E-state index is 0.0851. The third-order valence-electron chi connectivity index (χ3n) is 6.31. The largest absolute Gasteiger partial charge is 0.452 e. The van der Waals surface area contributed by atoms with Crippen LogP contribution in [-0.2, 0) is 27.6 Å².